The minimum absolute atomic E-state index is 0.123. The van der Waals surface area contributed by atoms with Gasteiger partial charge < -0.3 is 19.3 Å². The molecular weight excluding hydrogens is 665 g/mol. The number of esters is 2. The highest BCUT2D eigenvalue weighted by molar-refractivity contribution is 6.13. The van der Waals surface area contributed by atoms with Gasteiger partial charge in [0.25, 0.3) is 0 Å². The quantitative estimate of drug-likeness (QED) is 0.0692. The number of nitrogens with zero attached hydrogens (tertiary/aromatic N) is 2. The Bertz CT molecular complexity index is 1750. The molecule has 0 aliphatic carbocycles. The smallest absolute Gasteiger partial charge is 0.343 e. The Morgan fingerprint density at radius 3 is 0.887 bits per heavy atom. The van der Waals surface area contributed by atoms with Gasteiger partial charge in [0.15, 0.2) is 11.6 Å². The zero-order valence-electron chi connectivity index (χ0n) is 33.3. The van der Waals surface area contributed by atoms with Crippen LogP contribution in [0.4, 0.5) is 11.4 Å². The van der Waals surface area contributed by atoms with Crippen molar-refractivity contribution < 1.29 is 28.7 Å². The Labute approximate surface area is 315 Å². The predicted molar refractivity (Wildman–Crippen MR) is 213 cm³/mol. The lowest BCUT2D eigenvalue weighted by Crippen LogP contribution is -2.53. The third-order valence-electron chi connectivity index (χ3n) is 8.50. The SMILES string of the molecule is CC(C)(C)N(c1ccc(C(=O)Oc2ccc(C(=O)CC(=O)c3ccc(OC(=O)c4ccc(N(C(C)(C)C)C(C)(C)C)cc4)cc3)cc2)cc1)C(C)(C)C. The number of anilines is 2. The molecule has 8 nitrogen and oxygen atoms in total. The van der Waals surface area contributed by atoms with Crippen molar-refractivity contribution in [1.82, 2.24) is 0 Å². The van der Waals surface area contributed by atoms with Gasteiger partial charge in [0.2, 0.25) is 0 Å². The van der Waals surface area contributed by atoms with Crippen LogP contribution in [0.1, 0.15) is 131 Å². The zero-order valence-corrected chi connectivity index (χ0v) is 33.3. The Morgan fingerprint density at radius 1 is 0.396 bits per heavy atom. The second-order valence-corrected chi connectivity index (χ2v) is 17.3. The number of Topliss-reactive ketones (excluding diaryl/α,β-unsaturated/α-hetero) is 2. The summed E-state index contributed by atoms with van der Waals surface area (Å²) in [5, 5.41) is 0. The summed E-state index contributed by atoms with van der Waals surface area (Å²) < 4.78 is 11.1. The van der Waals surface area contributed by atoms with Crippen LogP contribution in [0.2, 0.25) is 0 Å². The molecule has 0 saturated heterocycles. The van der Waals surface area contributed by atoms with Crippen LogP contribution >= 0.6 is 0 Å². The Balaban J connectivity index is 1.32. The average molecular weight is 719 g/mol. The van der Waals surface area contributed by atoms with Crippen molar-refractivity contribution in [3.8, 4) is 11.5 Å². The van der Waals surface area contributed by atoms with Crippen molar-refractivity contribution in [3.05, 3.63) is 119 Å². The number of carbonyl (C=O) groups is 4. The molecule has 4 rings (SSSR count). The van der Waals surface area contributed by atoms with Gasteiger partial charge in [0.05, 0.1) is 17.5 Å². The van der Waals surface area contributed by atoms with E-state index in [-0.39, 0.29) is 51.6 Å². The molecule has 0 aliphatic rings. The molecule has 0 heterocycles. The van der Waals surface area contributed by atoms with E-state index in [2.05, 4.69) is 92.9 Å². The number of hydrogen-bond donors (Lipinski definition) is 0. The number of carbonyl (C=O) groups excluding carboxylic acids is 4. The van der Waals surface area contributed by atoms with E-state index in [9.17, 15) is 19.2 Å². The fourth-order valence-corrected chi connectivity index (χ4v) is 7.15. The van der Waals surface area contributed by atoms with Crippen molar-refractivity contribution in [3.63, 3.8) is 0 Å². The summed E-state index contributed by atoms with van der Waals surface area (Å²) >= 11 is 0. The number of hydrogen-bond acceptors (Lipinski definition) is 8. The molecule has 0 radical (unpaired) electrons. The summed E-state index contributed by atoms with van der Waals surface area (Å²) in [5.74, 6) is -1.21. The largest absolute Gasteiger partial charge is 0.423 e. The van der Waals surface area contributed by atoms with Crippen LogP contribution in [-0.2, 0) is 0 Å². The topological polar surface area (TPSA) is 93.2 Å². The molecular formula is C45H54N2O6. The minimum Gasteiger partial charge on any atom is -0.423 e. The average Bonchev–Trinajstić information content (AvgIpc) is 3.03. The molecule has 0 fully saturated rings. The number of ketones is 2. The van der Waals surface area contributed by atoms with Crippen molar-refractivity contribution in [2.45, 2.75) is 112 Å². The predicted octanol–water partition coefficient (Wildman–Crippen LogP) is 10.4. The number of benzene rings is 4. The molecule has 0 unspecified atom stereocenters. The molecule has 53 heavy (non-hydrogen) atoms. The molecule has 0 bridgehead atoms. The maximum absolute atomic E-state index is 13.0. The molecule has 4 aromatic rings. The second-order valence-electron chi connectivity index (χ2n) is 17.3. The monoisotopic (exact) mass is 718 g/mol. The standard InChI is InChI=1S/C45H54N2O6/c1-42(2,3)46(43(4,5)6)34-21-13-32(14-22-34)40(50)52-36-25-17-30(18-26-36)38(48)29-39(49)31-19-27-37(28-20-31)53-41(51)33-15-23-35(24-16-33)47(44(7,8)9)45(10,11)12/h13-28H,29H2,1-12H3. The fraction of sp³-hybridized carbons (Fsp3) is 0.378. The highest BCUT2D eigenvalue weighted by Gasteiger charge is 2.33. The highest BCUT2D eigenvalue weighted by atomic mass is 16.5. The van der Waals surface area contributed by atoms with Crippen molar-refractivity contribution in [2.24, 2.45) is 0 Å². The van der Waals surface area contributed by atoms with Gasteiger partial charge in [-0.3, -0.25) is 9.59 Å². The second kappa shape index (κ2) is 15.4. The lowest BCUT2D eigenvalue weighted by atomic mass is 9.94. The van der Waals surface area contributed by atoms with E-state index >= 15 is 0 Å². The van der Waals surface area contributed by atoms with Crippen LogP contribution in [0.5, 0.6) is 11.5 Å². The van der Waals surface area contributed by atoms with E-state index < -0.39 is 11.9 Å². The highest BCUT2D eigenvalue weighted by Crippen LogP contribution is 2.33. The van der Waals surface area contributed by atoms with Gasteiger partial charge in [0.1, 0.15) is 11.5 Å². The first-order valence-electron chi connectivity index (χ1n) is 18.0. The number of rotatable bonds is 10. The summed E-state index contributed by atoms with van der Waals surface area (Å²) in [6.45, 7) is 25.8. The molecule has 4 aromatic carbocycles. The van der Waals surface area contributed by atoms with Crippen LogP contribution in [0, 0.1) is 0 Å². The van der Waals surface area contributed by atoms with E-state index in [0.29, 0.717) is 22.3 Å². The van der Waals surface area contributed by atoms with Crippen LogP contribution in [0.3, 0.4) is 0 Å². The summed E-state index contributed by atoms with van der Waals surface area (Å²) in [4.78, 5) is 56.3. The van der Waals surface area contributed by atoms with Gasteiger partial charge in [0, 0.05) is 44.7 Å². The number of ether oxygens (including phenoxy) is 2. The van der Waals surface area contributed by atoms with E-state index in [0.717, 1.165) is 11.4 Å². The third kappa shape index (κ3) is 10.4. The Morgan fingerprint density at radius 2 is 0.642 bits per heavy atom. The Hall–Kier alpha value is -5.24. The molecule has 0 atom stereocenters. The maximum Gasteiger partial charge on any atom is 0.343 e. The summed E-state index contributed by atoms with van der Waals surface area (Å²) in [5.41, 5.74) is 2.95. The Kier molecular flexibility index (Phi) is 11.8. The van der Waals surface area contributed by atoms with E-state index in [1.165, 1.54) is 48.5 Å². The van der Waals surface area contributed by atoms with Gasteiger partial charge in [-0.25, -0.2) is 9.59 Å². The maximum atomic E-state index is 13.0. The van der Waals surface area contributed by atoms with Gasteiger partial charge in [-0.2, -0.15) is 0 Å². The van der Waals surface area contributed by atoms with Crippen molar-refractivity contribution in [2.75, 3.05) is 9.80 Å². The van der Waals surface area contributed by atoms with Gasteiger partial charge in [-0.15, -0.1) is 0 Å². The van der Waals surface area contributed by atoms with E-state index in [1.807, 2.05) is 24.3 Å². The summed E-state index contributed by atoms with van der Waals surface area (Å²) in [7, 11) is 0. The zero-order chi connectivity index (χ0) is 39.5. The molecule has 0 N–H and O–H groups in total. The summed E-state index contributed by atoms with van der Waals surface area (Å²) in [6, 6.07) is 26.9. The molecule has 0 aromatic heterocycles. The molecule has 0 aliphatic heterocycles. The normalized spacial score (nSPS) is 12.2. The first-order chi connectivity index (χ1) is 24.4. The summed E-state index contributed by atoms with van der Waals surface area (Å²) in [6.07, 6.45) is -0.350. The molecule has 0 spiro atoms. The lowest BCUT2D eigenvalue weighted by Gasteiger charge is -2.47. The van der Waals surface area contributed by atoms with Gasteiger partial charge in [-0.05, 0) is 180 Å². The molecule has 280 valence electrons. The van der Waals surface area contributed by atoms with Crippen molar-refractivity contribution >= 4 is 34.9 Å². The lowest BCUT2D eigenvalue weighted by molar-refractivity contribution is 0.0725. The fourth-order valence-electron chi connectivity index (χ4n) is 7.15. The van der Waals surface area contributed by atoms with E-state index in [4.69, 9.17) is 9.47 Å². The minimum atomic E-state index is -0.514. The van der Waals surface area contributed by atoms with Crippen molar-refractivity contribution in [1.29, 1.82) is 0 Å². The van der Waals surface area contributed by atoms with Crippen LogP contribution in [0.25, 0.3) is 0 Å². The van der Waals surface area contributed by atoms with Gasteiger partial charge >= 0.3 is 11.9 Å². The van der Waals surface area contributed by atoms with Crippen LogP contribution < -0.4 is 19.3 Å². The molecule has 8 heteroatoms. The molecule has 0 amide bonds. The third-order valence-corrected chi connectivity index (χ3v) is 8.50. The first-order valence-corrected chi connectivity index (χ1v) is 18.0. The van der Waals surface area contributed by atoms with Gasteiger partial charge in [-0.1, -0.05) is 0 Å². The molecule has 0 saturated carbocycles. The van der Waals surface area contributed by atoms with E-state index in [1.54, 1.807) is 24.3 Å². The van der Waals surface area contributed by atoms with Crippen LogP contribution in [0.15, 0.2) is 97.1 Å². The van der Waals surface area contributed by atoms with Crippen LogP contribution in [-0.4, -0.2) is 45.7 Å². The first kappa shape index (κ1) is 40.5.